The van der Waals surface area contributed by atoms with Gasteiger partial charge in [0.05, 0.1) is 10.8 Å². The first-order chi connectivity index (χ1) is 19.3. The zero-order valence-electron chi connectivity index (χ0n) is 20.8. The molecular weight excluding hydrogens is 572 g/mol. The van der Waals surface area contributed by atoms with Crippen LogP contribution in [0.2, 0.25) is 10.0 Å². The summed E-state index contributed by atoms with van der Waals surface area (Å²) in [4.78, 5) is 39.0. The number of amides is 3. The summed E-state index contributed by atoms with van der Waals surface area (Å²) in [6.45, 7) is 0. The molecule has 40 heavy (non-hydrogen) atoms. The SMILES string of the molecule is O=C(CSc1ccc(NC(=O)/C(=C/c2ccc(Cl)cc2)NC(=O)c2ccccc2)cc1)Nc1ccc(F)c(Cl)c1. The molecule has 6 nitrogen and oxygen atoms in total. The minimum atomic E-state index is -0.563. The van der Waals surface area contributed by atoms with Crippen molar-refractivity contribution in [3.63, 3.8) is 0 Å². The number of rotatable bonds is 9. The highest BCUT2D eigenvalue weighted by molar-refractivity contribution is 8.00. The lowest BCUT2D eigenvalue weighted by atomic mass is 10.1. The fourth-order valence-electron chi connectivity index (χ4n) is 3.42. The van der Waals surface area contributed by atoms with Gasteiger partial charge in [-0.2, -0.15) is 0 Å². The quantitative estimate of drug-likeness (QED) is 0.141. The molecule has 4 aromatic carbocycles. The number of carbonyl (C=O) groups excluding carboxylic acids is 3. The van der Waals surface area contributed by atoms with Crippen molar-refractivity contribution >= 4 is 70.1 Å². The highest BCUT2D eigenvalue weighted by Gasteiger charge is 2.15. The minimum absolute atomic E-state index is 0.0483. The van der Waals surface area contributed by atoms with Crippen molar-refractivity contribution in [3.05, 3.63) is 130 Å². The third-order valence-corrected chi connectivity index (χ3v) is 6.95. The number of hydrogen-bond donors (Lipinski definition) is 3. The molecule has 202 valence electrons. The Labute approximate surface area is 244 Å². The van der Waals surface area contributed by atoms with Crippen LogP contribution in [0.1, 0.15) is 15.9 Å². The van der Waals surface area contributed by atoms with Gasteiger partial charge in [-0.15, -0.1) is 11.8 Å². The van der Waals surface area contributed by atoms with E-state index in [1.54, 1.807) is 84.9 Å². The highest BCUT2D eigenvalue weighted by Crippen LogP contribution is 2.23. The van der Waals surface area contributed by atoms with Gasteiger partial charge in [-0.05, 0) is 78.4 Å². The van der Waals surface area contributed by atoms with Crippen LogP contribution in [0.25, 0.3) is 6.08 Å². The number of halogens is 3. The van der Waals surface area contributed by atoms with E-state index in [2.05, 4.69) is 16.0 Å². The van der Waals surface area contributed by atoms with Gasteiger partial charge >= 0.3 is 0 Å². The third-order valence-electron chi connectivity index (χ3n) is 5.40. The van der Waals surface area contributed by atoms with Gasteiger partial charge in [0.1, 0.15) is 11.5 Å². The molecule has 0 saturated heterocycles. The summed E-state index contributed by atoms with van der Waals surface area (Å²) in [5.41, 5.74) is 2.03. The average Bonchev–Trinajstić information content (AvgIpc) is 2.96. The van der Waals surface area contributed by atoms with Gasteiger partial charge in [-0.25, -0.2) is 4.39 Å². The second-order valence-electron chi connectivity index (χ2n) is 8.37. The lowest BCUT2D eigenvalue weighted by molar-refractivity contribution is -0.114. The van der Waals surface area contributed by atoms with Gasteiger partial charge < -0.3 is 16.0 Å². The molecule has 0 fully saturated rings. The summed E-state index contributed by atoms with van der Waals surface area (Å²) in [5, 5.41) is 8.61. The summed E-state index contributed by atoms with van der Waals surface area (Å²) in [7, 11) is 0. The Morgan fingerprint density at radius 3 is 2.15 bits per heavy atom. The van der Waals surface area contributed by atoms with Crippen LogP contribution in [0, 0.1) is 5.82 Å². The standard InChI is InChI=1S/C30H22Cl2FN3O3S/c31-21-8-6-19(7-9-21)16-27(36-29(38)20-4-2-1-3-5-20)30(39)35-22-10-13-24(14-11-22)40-18-28(37)34-23-12-15-26(33)25(32)17-23/h1-17H,18H2,(H,34,37)(H,35,39)(H,36,38)/b27-16-. The molecule has 4 rings (SSSR count). The molecule has 0 bridgehead atoms. The first-order valence-corrected chi connectivity index (χ1v) is 13.6. The van der Waals surface area contributed by atoms with Crippen LogP contribution in [0.5, 0.6) is 0 Å². The molecule has 0 spiro atoms. The molecule has 3 N–H and O–H groups in total. The van der Waals surface area contributed by atoms with E-state index in [9.17, 15) is 18.8 Å². The van der Waals surface area contributed by atoms with Gasteiger partial charge in [0.25, 0.3) is 11.8 Å². The monoisotopic (exact) mass is 593 g/mol. The van der Waals surface area contributed by atoms with Crippen molar-refractivity contribution in [1.29, 1.82) is 0 Å². The molecule has 0 unspecified atom stereocenters. The van der Waals surface area contributed by atoms with E-state index >= 15 is 0 Å². The molecule has 3 amide bonds. The van der Waals surface area contributed by atoms with Gasteiger partial charge in [0.2, 0.25) is 5.91 Å². The zero-order chi connectivity index (χ0) is 28.5. The maximum Gasteiger partial charge on any atom is 0.272 e. The van der Waals surface area contributed by atoms with Crippen molar-refractivity contribution in [2.45, 2.75) is 4.90 Å². The molecule has 0 aromatic heterocycles. The maximum atomic E-state index is 13.3. The van der Waals surface area contributed by atoms with Crippen LogP contribution in [0.4, 0.5) is 15.8 Å². The summed E-state index contributed by atoms with van der Waals surface area (Å²) in [6.07, 6.45) is 1.56. The Hall–Kier alpha value is -4.11. The Morgan fingerprint density at radius 1 is 0.800 bits per heavy atom. The molecule has 0 saturated carbocycles. The van der Waals surface area contributed by atoms with Crippen molar-refractivity contribution in [2.75, 3.05) is 16.4 Å². The molecule has 0 aliphatic rings. The van der Waals surface area contributed by atoms with E-state index in [-0.39, 0.29) is 22.4 Å². The van der Waals surface area contributed by atoms with Crippen molar-refractivity contribution in [1.82, 2.24) is 5.32 Å². The number of hydrogen-bond acceptors (Lipinski definition) is 4. The number of nitrogens with one attached hydrogen (secondary N) is 3. The van der Waals surface area contributed by atoms with E-state index in [1.165, 1.54) is 30.0 Å². The topological polar surface area (TPSA) is 87.3 Å². The van der Waals surface area contributed by atoms with Crippen LogP contribution >= 0.6 is 35.0 Å². The second kappa shape index (κ2) is 13.8. The van der Waals surface area contributed by atoms with Crippen LogP contribution in [0.3, 0.4) is 0 Å². The van der Waals surface area contributed by atoms with Crippen molar-refractivity contribution in [2.24, 2.45) is 0 Å². The van der Waals surface area contributed by atoms with E-state index < -0.39 is 17.6 Å². The first kappa shape index (κ1) is 28.9. The minimum Gasteiger partial charge on any atom is -0.325 e. The van der Waals surface area contributed by atoms with E-state index in [1.807, 2.05) is 0 Å². The lowest BCUT2D eigenvalue weighted by Crippen LogP contribution is -2.30. The van der Waals surface area contributed by atoms with Crippen LogP contribution in [-0.2, 0) is 9.59 Å². The molecule has 0 radical (unpaired) electrons. The van der Waals surface area contributed by atoms with Crippen molar-refractivity contribution < 1.29 is 18.8 Å². The number of benzene rings is 4. The second-order valence-corrected chi connectivity index (χ2v) is 10.3. The zero-order valence-corrected chi connectivity index (χ0v) is 23.1. The average molecular weight is 594 g/mol. The van der Waals surface area contributed by atoms with Crippen molar-refractivity contribution in [3.8, 4) is 0 Å². The summed E-state index contributed by atoms with van der Waals surface area (Å²) < 4.78 is 13.3. The number of carbonyl (C=O) groups is 3. The van der Waals surface area contributed by atoms with Gasteiger partial charge in [0, 0.05) is 26.9 Å². The molecule has 4 aromatic rings. The predicted molar refractivity (Wildman–Crippen MR) is 159 cm³/mol. The molecule has 0 aliphatic heterocycles. The van der Waals surface area contributed by atoms with E-state index in [0.29, 0.717) is 27.5 Å². The lowest BCUT2D eigenvalue weighted by Gasteiger charge is -2.12. The predicted octanol–water partition coefficient (Wildman–Crippen LogP) is 7.27. The normalized spacial score (nSPS) is 11.0. The molecule has 0 heterocycles. The number of anilines is 2. The largest absolute Gasteiger partial charge is 0.325 e. The molecule has 10 heteroatoms. The Morgan fingerprint density at radius 2 is 1.48 bits per heavy atom. The van der Waals surface area contributed by atoms with Gasteiger partial charge in [-0.1, -0.05) is 53.5 Å². The number of thioether (sulfide) groups is 1. The van der Waals surface area contributed by atoms with Crippen LogP contribution < -0.4 is 16.0 Å². The summed E-state index contributed by atoms with van der Waals surface area (Å²) >= 11 is 13.0. The summed E-state index contributed by atoms with van der Waals surface area (Å²) in [6, 6.07) is 26.3. The van der Waals surface area contributed by atoms with Gasteiger partial charge in [0.15, 0.2) is 0 Å². The summed E-state index contributed by atoms with van der Waals surface area (Å²) in [5.74, 6) is -1.68. The Bertz CT molecular complexity index is 1550. The maximum absolute atomic E-state index is 13.3. The first-order valence-electron chi connectivity index (χ1n) is 11.9. The Balaban J connectivity index is 1.39. The van der Waals surface area contributed by atoms with E-state index in [0.717, 1.165) is 4.90 Å². The third kappa shape index (κ3) is 8.44. The molecule has 0 atom stereocenters. The smallest absolute Gasteiger partial charge is 0.272 e. The highest BCUT2D eigenvalue weighted by atomic mass is 35.5. The molecule has 0 aliphatic carbocycles. The fourth-order valence-corrected chi connectivity index (χ4v) is 4.43. The van der Waals surface area contributed by atoms with Gasteiger partial charge in [-0.3, -0.25) is 14.4 Å². The van der Waals surface area contributed by atoms with Crippen LogP contribution in [0.15, 0.2) is 108 Å². The van der Waals surface area contributed by atoms with E-state index in [4.69, 9.17) is 23.2 Å². The Kier molecular flexibility index (Phi) is 9.96. The fraction of sp³-hybridized carbons (Fsp3) is 0.0333. The molecular formula is C30H22Cl2FN3O3S. The van der Waals surface area contributed by atoms with Crippen LogP contribution in [-0.4, -0.2) is 23.5 Å².